The number of azo groups is 1. The van der Waals surface area contributed by atoms with Gasteiger partial charge in [-0.2, -0.15) is 13.5 Å². The number of nitrogens with zero attached hydrogens (tertiary/aromatic N) is 2. The number of rotatable bonds is 7. The summed E-state index contributed by atoms with van der Waals surface area (Å²) in [5.74, 6) is -0.552. The van der Waals surface area contributed by atoms with Crippen molar-refractivity contribution in [3.8, 4) is 11.5 Å². The maximum atomic E-state index is 13.1. The minimum Gasteiger partial charge on any atom is -0.505 e. The van der Waals surface area contributed by atoms with Crippen molar-refractivity contribution in [2.45, 2.75) is 18.7 Å². The lowest BCUT2D eigenvalue weighted by atomic mass is 10.0. The van der Waals surface area contributed by atoms with Crippen molar-refractivity contribution in [2.75, 3.05) is 11.9 Å². The topological polar surface area (TPSA) is 138 Å². The number of aromatic hydroxyl groups is 1. The van der Waals surface area contributed by atoms with E-state index in [4.69, 9.17) is 27.9 Å². The third-order valence-electron chi connectivity index (χ3n) is 5.47. The van der Waals surface area contributed by atoms with Crippen LogP contribution >= 0.6 is 23.2 Å². The molecule has 0 atom stereocenters. The molecule has 1 amide bonds. The van der Waals surface area contributed by atoms with E-state index in [1.54, 1.807) is 36.4 Å². The number of carbonyl (C=O) groups is 1. The number of nitrogens with one attached hydrogen (secondary N) is 1. The zero-order valence-corrected chi connectivity index (χ0v) is 22.4. The number of carbonyl (C=O) groups excluding carboxylic acids is 1. The molecule has 0 aliphatic heterocycles. The Bertz CT molecular complexity index is 1680. The van der Waals surface area contributed by atoms with Crippen LogP contribution in [0.5, 0.6) is 11.5 Å². The highest BCUT2D eigenvalue weighted by atomic mass is 35.5. The summed E-state index contributed by atoms with van der Waals surface area (Å²) < 4.78 is 38.0. The van der Waals surface area contributed by atoms with Gasteiger partial charge in [0.05, 0.1) is 27.9 Å². The molecule has 4 aromatic rings. The summed E-state index contributed by atoms with van der Waals surface area (Å²) in [5, 5.41) is 23.2. The van der Waals surface area contributed by atoms with Gasteiger partial charge in [-0.05, 0) is 61.2 Å². The van der Waals surface area contributed by atoms with Gasteiger partial charge in [0.2, 0.25) is 0 Å². The van der Waals surface area contributed by atoms with Crippen molar-refractivity contribution >= 4 is 67.1 Å². The van der Waals surface area contributed by atoms with E-state index < -0.39 is 26.7 Å². The standard InChI is InChI=1S/C26H21Cl2N3O6S/c1-3-37-22-9-8-16(12-20(22)27)29-26(33)19-11-15-6-4-5-7-18(15)23(24(19)32)31-30-17-10-14(2)25(21(28)13-17)38(34,35)36/h4-13,32H,3H2,1-2H3,(H,29,33)(H,34,35,36). The van der Waals surface area contributed by atoms with E-state index in [-0.39, 0.29) is 27.5 Å². The SMILES string of the molecule is CCOc1ccc(NC(=O)c2cc3ccccc3c(N=Nc3cc(C)c(S(=O)(=O)O)c(Cl)c3)c2O)cc1Cl. The number of phenolic OH excluding ortho intramolecular Hbond substituents is 1. The maximum Gasteiger partial charge on any atom is 0.296 e. The van der Waals surface area contributed by atoms with E-state index >= 15 is 0 Å². The van der Waals surface area contributed by atoms with Gasteiger partial charge in [-0.3, -0.25) is 9.35 Å². The number of anilines is 1. The molecular formula is C26H21Cl2N3O6S. The first-order chi connectivity index (χ1) is 18.0. The molecule has 9 nitrogen and oxygen atoms in total. The molecule has 0 aliphatic carbocycles. The molecular weight excluding hydrogens is 553 g/mol. The predicted molar refractivity (Wildman–Crippen MR) is 146 cm³/mol. The smallest absolute Gasteiger partial charge is 0.296 e. The summed E-state index contributed by atoms with van der Waals surface area (Å²) in [7, 11) is -4.54. The van der Waals surface area contributed by atoms with E-state index in [2.05, 4.69) is 15.5 Å². The molecule has 196 valence electrons. The van der Waals surface area contributed by atoms with Crippen molar-refractivity contribution in [1.29, 1.82) is 0 Å². The van der Waals surface area contributed by atoms with Gasteiger partial charge in [0.1, 0.15) is 16.3 Å². The first kappa shape index (κ1) is 27.3. The van der Waals surface area contributed by atoms with Gasteiger partial charge in [-0.1, -0.05) is 47.5 Å². The molecule has 0 radical (unpaired) electrons. The Morgan fingerprint density at radius 3 is 2.42 bits per heavy atom. The second-order valence-corrected chi connectivity index (χ2v) is 10.3. The lowest BCUT2D eigenvalue weighted by molar-refractivity contribution is 0.102. The number of hydrogen-bond acceptors (Lipinski definition) is 7. The summed E-state index contributed by atoms with van der Waals surface area (Å²) in [6, 6.07) is 15.9. The van der Waals surface area contributed by atoms with Crippen molar-refractivity contribution in [3.63, 3.8) is 0 Å². The zero-order valence-electron chi connectivity index (χ0n) is 20.1. The van der Waals surface area contributed by atoms with Gasteiger partial charge in [0, 0.05) is 11.1 Å². The van der Waals surface area contributed by atoms with Crippen LogP contribution in [0.1, 0.15) is 22.8 Å². The van der Waals surface area contributed by atoms with Gasteiger partial charge >= 0.3 is 0 Å². The van der Waals surface area contributed by atoms with Crippen LogP contribution in [-0.2, 0) is 10.1 Å². The fourth-order valence-corrected chi connectivity index (χ4v) is 5.41. The van der Waals surface area contributed by atoms with E-state index in [1.165, 1.54) is 31.2 Å². The highest BCUT2D eigenvalue weighted by molar-refractivity contribution is 7.86. The lowest BCUT2D eigenvalue weighted by Gasteiger charge is -2.12. The minimum atomic E-state index is -4.54. The van der Waals surface area contributed by atoms with Crippen LogP contribution in [0.3, 0.4) is 0 Å². The third-order valence-corrected chi connectivity index (χ3v) is 7.23. The monoisotopic (exact) mass is 573 g/mol. The Kier molecular flexibility index (Phi) is 7.89. The normalized spacial score (nSPS) is 11.7. The summed E-state index contributed by atoms with van der Waals surface area (Å²) >= 11 is 12.3. The molecule has 38 heavy (non-hydrogen) atoms. The maximum absolute atomic E-state index is 13.1. The molecule has 0 spiro atoms. The lowest BCUT2D eigenvalue weighted by Crippen LogP contribution is -2.12. The molecule has 0 aromatic heterocycles. The minimum absolute atomic E-state index is 0.0191. The predicted octanol–water partition coefficient (Wildman–Crippen LogP) is 7.47. The van der Waals surface area contributed by atoms with Crippen molar-refractivity contribution in [2.24, 2.45) is 10.2 Å². The van der Waals surface area contributed by atoms with Crippen LogP contribution in [-0.4, -0.2) is 30.6 Å². The van der Waals surface area contributed by atoms with Crippen LogP contribution in [0.2, 0.25) is 10.0 Å². The Labute approximate surface area is 228 Å². The van der Waals surface area contributed by atoms with Gasteiger partial charge in [0.15, 0.2) is 5.75 Å². The van der Waals surface area contributed by atoms with Crippen LogP contribution in [0.4, 0.5) is 17.1 Å². The second-order valence-electron chi connectivity index (χ2n) is 8.12. The molecule has 12 heteroatoms. The number of aryl methyl sites for hydroxylation is 1. The van der Waals surface area contributed by atoms with Gasteiger partial charge in [-0.15, -0.1) is 5.11 Å². The first-order valence-electron chi connectivity index (χ1n) is 11.2. The average molecular weight is 574 g/mol. The Morgan fingerprint density at radius 2 is 1.76 bits per heavy atom. The number of ether oxygens (including phenoxy) is 1. The molecule has 0 aliphatic rings. The first-order valence-corrected chi connectivity index (χ1v) is 13.4. The summed E-state index contributed by atoms with van der Waals surface area (Å²) in [4.78, 5) is 12.7. The average Bonchev–Trinajstić information content (AvgIpc) is 2.83. The van der Waals surface area contributed by atoms with Gasteiger partial charge in [-0.25, -0.2) is 0 Å². The number of phenols is 1. The molecule has 0 saturated carbocycles. The van der Waals surface area contributed by atoms with Crippen LogP contribution in [0.25, 0.3) is 10.8 Å². The summed E-state index contributed by atoms with van der Waals surface area (Å²) in [6.07, 6.45) is 0. The van der Waals surface area contributed by atoms with Crippen molar-refractivity contribution in [3.05, 3.63) is 81.8 Å². The van der Waals surface area contributed by atoms with Crippen LogP contribution in [0.15, 0.2) is 75.8 Å². The molecule has 0 unspecified atom stereocenters. The van der Waals surface area contributed by atoms with E-state index in [0.29, 0.717) is 33.8 Å². The fourth-order valence-electron chi connectivity index (χ4n) is 3.85. The third kappa shape index (κ3) is 5.73. The zero-order chi connectivity index (χ0) is 27.6. The number of hydrogen-bond donors (Lipinski definition) is 3. The van der Waals surface area contributed by atoms with Crippen LogP contribution in [0, 0.1) is 6.92 Å². The van der Waals surface area contributed by atoms with Gasteiger partial charge in [0.25, 0.3) is 16.0 Å². The largest absolute Gasteiger partial charge is 0.505 e. The molecule has 0 saturated heterocycles. The molecule has 0 heterocycles. The summed E-state index contributed by atoms with van der Waals surface area (Å²) in [5.41, 5.74) is 0.680. The van der Waals surface area contributed by atoms with E-state index in [9.17, 15) is 22.9 Å². The van der Waals surface area contributed by atoms with Crippen molar-refractivity contribution in [1.82, 2.24) is 0 Å². The Hall–Kier alpha value is -3.70. The van der Waals surface area contributed by atoms with E-state index in [0.717, 1.165) is 0 Å². The van der Waals surface area contributed by atoms with Crippen molar-refractivity contribution < 1.29 is 27.6 Å². The van der Waals surface area contributed by atoms with E-state index in [1.807, 2.05) is 6.92 Å². The Morgan fingerprint density at radius 1 is 1.03 bits per heavy atom. The number of amides is 1. The number of benzene rings is 4. The number of halogens is 2. The molecule has 3 N–H and O–H groups in total. The fraction of sp³-hybridized carbons (Fsp3) is 0.115. The molecule has 4 aromatic carbocycles. The molecule has 4 rings (SSSR count). The number of fused-ring (bicyclic) bond motifs is 1. The van der Waals surface area contributed by atoms with Crippen LogP contribution < -0.4 is 10.1 Å². The molecule has 0 fully saturated rings. The Balaban J connectivity index is 1.74. The highest BCUT2D eigenvalue weighted by Crippen LogP contribution is 2.40. The highest BCUT2D eigenvalue weighted by Gasteiger charge is 2.21. The van der Waals surface area contributed by atoms with Gasteiger partial charge < -0.3 is 15.2 Å². The molecule has 0 bridgehead atoms. The quantitative estimate of drug-likeness (QED) is 0.155. The second kappa shape index (κ2) is 11.0. The summed E-state index contributed by atoms with van der Waals surface area (Å²) in [6.45, 7) is 3.71.